The maximum absolute atomic E-state index is 13.2. The Balaban J connectivity index is 1.43. The summed E-state index contributed by atoms with van der Waals surface area (Å²) >= 11 is 0. The summed E-state index contributed by atoms with van der Waals surface area (Å²) in [5.41, 5.74) is 4.78. The zero-order chi connectivity index (χ0) is 24.5. The van der Waals surface area contributed by atoms with E-state index in [4.69, 9.17) is 9.26 Å². The molecule has 0 aliphatic rings. The summed E-state index contributed by atoms with van der Waals surface area (Å²) in [5.74, 6) is 1.39. The van der Waals surface area contributed by atoms with E-state index in [1.54, 1.807) is 17.8 Å². The zero-order valence-corrected chi connectivity index (χ0v) is 19.9. The van der Waals surface area contributed by atoms with Gasteiger partial charge in [0.05, 0.1) is 5.52 Å². The number of hydrogen-bond acceptors (Lipinski definition) is 7. The highest BCUT2D eigenvalue weighted by atomic mass is 16.5. The second-order valence-electron chi connectivity index (χ2n) is 8.49. The molecule has 1 unspecified atom stereocenters. The van der Waals surface area contributed by atoms with Gasteiger partial charge in [0.25, 0.3) is 17.4 Å². The Hall–Kier alpha value is -4.46. The zero-order valence-electron chi connectivity index (χ0n) is 19.9. The van der Waals surface area contributed by atoms with Gasteiger partial charge in [-0.25, -0.2) is 0 Å². The van der Waals surface area contributed by atoms with Crippen molar-refractivity contribution in [2.45, 2.75) is 26.9 Å². The van der Waals surface area contributed by atoms with Crippen LogP contribution in [0.5, 0.6) is 5.75 Å². The van der Waals surface area contributed by atoms with E-state index in [0.29, 0.717) is 17.4 Å². The van der Waals surface area contributed by atoms with Gasteiger partial charge in [0.15, 0.2) is 6.10 Å². The average Bonchev–Trinajstić information content (AvgIpc) is 3.32. The number of para-hydroxylation sites is 1. The van der Waals surface area contributed by atoms with Crippen LogP contribution in [0.1, 0.15) is 30.2 Å². The molecule has 8 nitrogen and oxygen atoms in total. The van der Waals surface area contributed by atoms with E-state index in [2.05, 4.69) is 20.4 Å². The first kappa shape index (κ1) is 22.3. The summed E-state index contributed by atoms with van der Waals surface area (Å²) in [4.78, 5) is 22.0. The van der Waals surface area contributed by atoms with Crippen LogP contribution < -0.4 is 15.6 Å². The molecule has 0 spiro atoms. The number of aromatic nitrogens is 4. The van der Waals surface area contributed by atoms with Crippen molar-refractivity contribution in [2.24, 2.45) is 7.05 Å². The van der Waals surface area contributed by atoms with E-state index in [0.717, 1.165) is 39.2 Å². The number of anilines is 2. The van der Waals surface area contributed by atoms with Gasteiger partial charge in [-0.1, -0.05) is 24.3 Å². The first-order valence-electron chi connectivity index (χ1n) is 11.3. The van der Waals surface area contributed by atoms with E-state index in [-0.39, 0.29) is 5.56 Å². The second kappa shape index (κ2) is 9.06. The van der Waals surface area contributed by atoms with Crippen LogP contribution in [0.15, 0.2) is 76.2 Å². The SMILES string of the molecule is Cc1cc2c(cn1)cc(-c1cc(Nc3noc(C(C)Oc4ccccc4)n3)ccc1C)c(=O)n2C. The third-order valence-electron chi connectivity index (χ3n) is 5.87. The predicted octanol–water partition coefficient (Wildman–Crippen LogP) is 5.48. The Morgan fingerprint density at radius 2 is 1.83 bits per heavy atom. The molecule has 176 valence electrons. The molecule has 2 aromatic carbocycles. The maximum atomic E-state index is 13.2. The van der Waals surface area contributed by atoms with Gasteiger partial charge in [0.2, 0.25) is 0 Å². The van der Waals surface area contributed by atoms with Crippen molar-refractivity contribution < 1.29 is 9.26 Å². The van der Waals surface area contributed by atoms with Crippen molar-refractivity contribution in [3.8, 4) is 16.9 Å². The van der Waals surface area contributed by atoms with Crippen LogP contribution in [0.3, 0.4) is 0 Å². The minimum atomic E-state index is -0.410. The average molecular weight is 468 g/mol. The number of aryl methyl sites for hydroxylation is 3. The molecule has 3 heterocycles. The van der Waals surface area contributed by atoms with E-state index < -0.39 is 6.10 Å². The van der Waals surface area contributed by atoms with E-state index in [9.17, 15) is 4.79 Å². The molecule has 0 aliphatic heterocycles. The van der Waals surface area contributed by atoms with Crippen LogP contribution in [0.25, 0.3) is 22.0 Å². The number of benzene rings is 2. The van der Waals surface area contributed by atoms with Crippen LogP contribution in [-0.2, 0) is 7.05 Å². The van der Waals surface area contributed by atoms with Crippen LogP contribution in [0.4, 0.5) is 11.6 Å². The lowest BCUT2D eigenvalue weighted by Gasteiger charge is -2.13. The number of pyridine rings is 2. The normalized spacial score (nSPS) is 12.0. The summed E-state index contributed by atoms with van der Waals surface area (Å²) in [6, 6.07) is 19.1. The smallest absolute Gasteiger partial charge is 0.269 e. The molecular formula is C27H25N5O3. The molecule has 1 atom stereocenters. The van der Waals surface area contributed by atoms with Gasteiger partial charge in [-0.2, -0.15) is 4.98 Å². The predicted molar refractivity (Wildman–Crippen MR) is 135 cm³/mol. The van der Waals surface area contributed by atoms with E-state index >= 15 is 0 Å². The molecule has 0 aliphatic carbocycles. The second-order valence-corrected chi connectivity index (χ2v) is 8.49. The molecule has 35 heavy (non-hydrogen) atoms. The standard InChI is InChI=1S/C27H25N5O3/c1-16-10-11-20(29-27-30-25(35-31-27)18(3)34-21-8-6-5-7-9-21)14-22(16)23-13-19-15-28-17(2)12-24(19)32(4)26(23)33/h5-15,18H,1-4H3,(H,29,31). The molecule has 0 saturated heterocycles. The van der Waals surface area contributed by atoms with Crippen molar-refractivity contribution in [2.75, 3.05) is 5.32 Å². The minimum Gasteiger partial charge on any atom is -0.481 e. The van der Waals surface area contributed by atoms with Crippen molar-refractivity contribution >= 4 is 22.5 Å². The number of fused-ring (bicyclic) bond motifs is 1. The largest absolute Gasteiger partial charge is 0.481 e. The maximum Gasteiger partial charge on any atom is 0.269 e. The number of rotatable bonds is 6. The third kappa shape index (κ3) is 4.50. The molecule has 0 amide bonds. The molecule has 0 bridgehead atoms. The van der Waals surface area contributed by atoms with Crippen molar-refractivity contribution in [1.29, 1.82) is 0 Å². The number of ether oxygens (including phenoxy) is 1. The topological polar surface area (TPSA) is 95.1 Å². The lowest BCUT2D eigenvalue weighted by atomic mass is 9.99. The summed E-state index contributed by atoms with van der Waals surface area (Å²) in [6.07, 6.45) is 1.39. The highest BCUT2D eigenvalue weighted by molar-refractivity contribution is 5.85. The fraction of sp³-hybridized carbons (Fsp3) is 0.185. The minimum absolute atomic E-state index is 0.0721. The number of nitrogens with zero attached hydrogens (tertiary/aromatic N) is 4. The fourth-order valence-corrected chi connectivity index (χ4v) is 3.98. The van der Waals surface area contributed by atoms with Crippen molar-refractivity contribution in [3.63, 3.8) is 0 Å². The number of nitrogens with one attached hydrogen (secondary N) is 1. The van der Waals surface area contributed by atoms with Crippen molar-refractivity contribution in [3.05, 3.63) is 94.4 Å². The molecular weight excluding hydrogens is 442 g/mol. The lowest BCUT2D eigenvalue weighted by molar-refractivity contribution is 0.176. The monoisotopic (exact) mass is 467 g/mol. The van der Waals surface area contributed by atoms with Crippen LogP contribution >= 0.6 is 0 Å². The molecule has 0 fully saturated rings. The van der Waals surface area contributed by atoms with Crippen LogP contribution in [-0.4, -0.2) is 19.7 Å². The molecule has 3 aromatic heterocycles. The summed E-state index contributed by atoms with van der Waals surface area (Å²) in [7, 11) is 1.78. The van der Waals surface area contributed by atoms with E-state index in [1.165, 1.54) is 0 Å². The molecule has 0 saturated carbocycles. The Kier molecular flexibility index (Phi) is 5.78. The lowest BCUT2D eigenvalue weighted by Crippen LogP contribution is -2.19. The van der Waals surface area contributed by atoms with Crippen molar-refractivity contribution in [1.82, 2.24) is 19.7 Å². The molecule has 5 rings (SSSR count). The molecule has 5 aromatic rings. The Morgan fingerprint density at radius 3 is 2.63 bits per heavy atom. The molecule has 8 heteroatoms. The summed E-state index contributed by atoms with van der Waals surface area (Å²) in [5, 5.41) is 8.10. The summed E-state index contributed by atoms with van der Waals surface area (Å²) in [6.45, 7) is 5.74. The van der Waals surface area contributed by atoms with Crippen LogP contribution in [0.2, 0.25) is 0 Å². The fourth-order valence-electron chi connectivity index (χ4n) is 3.98. The van der Waals surface area contributed by atoms with Gasteiger partial charge in [0.1, 0.15) is 5.75 Å². The molecule has 1 N–H and O–H groups in total. The van der Waals surface area contributed by atoms with Crippen LogP contribution in [0, 0.1) is 13.8 Å². The van der Waals surface area contributed by atoms with Gasteiger partial charge in [-0.15, -0.1) is 0 Å². The van der Waals surface area contributed by atoms with Gasteiger partial charge in [0, 0.05) is 35.6 Å². The first-order valence-corrected chi connectivity index (χ1v) is 11.3. The van der Waals surface area contributed by atoms with Gasteiger partial charge < -0.3 is 19.1 Å². The summed E-state index contributed by atoms with van der Waals surface area (Å²) < 4.78 is 12.9. The quantitative estimate of drug-likeness (QED) is 0.353. The van der Waals surface area contributed by atoms with E-state index in [1.807, 2.05) is 81.4 Å². The Bertz CT molecular complexity index is 1570. The Morgan fingerprint density at radius 1 is 1.03 bits per heavy atom. The highest BCUT2D eigenvalue weighted by Gasteiger charge is 2.17. The van der Waals surface area contributed by atoms with Gasteiger partial charge in [-0.05, 0) is 73.5 Å². The third-order valence-corrected chi connectivity index (χ3v) is 5.87. The number of hydrogen-bond donors (Lipinski definition) is 1. The van der Waals surface area contributed by atoms with Gasteiger partial charge >= 0.3 is 0 Å². The molecule has 0 radical (unpaired) electrons. The first-order chi connectivity index (χ1) is 16.9. The van der Waals surface area contributed by atoms with Gasteiger partial charge in [-0.3, -0.25) is 9.78 Å². The highest BCUT2D eigenvalue weighted by Crippen LogP contribution is 2.28. The Labute approximate surface area is 202 Å².